The highest BCUT2D eigenvalue weighted by Crippen LogP contribution is 2.24. The third-order valence-corrected chi connectivity index (χ3v) is 3.93. The van der Waals surface area contributed by atoms with E-state index in [-0.39, 0.29) is 6.29 Å². The van der Waals surface area contributed by atoms with Crippen LogP contribution in [0.2, 0.25) is 0 Å². The van der Waals surface area contributed by atoms with Crippen molar-refractivity contribution in [3.8, 4) is 0 Å². The van der Waals surface area contributed by atoms with Gasteiger partial charge in [0, 0.05) is 6.42 Å². The first kappa shape index (κ1) is 17.7. The van der Waals surface area contributed by atoms with Gasteiger partial charge in [-0.2, -0.15) is 0 Å². The Balaban J connectivity index is 1.93. The molecule has 1 fully saturated rings. The van der Waals surface area contributed by atoms with E-state index >= 15 is 0 Å². The summed E-state index contributed by atoms with van der Waals surface area (Å²) in [7, 11) is 0. The number of hydrogen-bond donors (Lipinski definition) is 0. The number of rotatable bonds is 12. The largest absolute Gasteiger partial charge is 0.352 e. The molecule has 0 aliphatic carbocycles. The molecule has 0 spiro atoms. The molecule has 2 atom stereocenters. The van der Waals surface area contributed by atoms with E-state index in [2.05, 4.69) is 26.0 Å². The molecule has 0 radical (unpaired) electrons. The second-order valence-corrected chi connectivity index (χ2v) is 5.89. The lowest BCUT2D eigenvalue weighted by Gasteiger charge is -2.13. The van der Waals surface area contributed by atoms with E-state index in [4.69, 9.17) is 9.47 Å². The Morgan fingerprint density at radius 1 is 0.950 bits per heavy atom. The predicted octanol–water partition coefficient (Wildman–Crippen LogP) is 5.62. The minimum Gasteiger partial charge on any atom is -0.352 e. The van der Waals surface area contributed by atoms with Gasteiger partial charge in [0.05, 0.1) is 12.7 Å². The van der Waals surface area contributed by atoms with Crippen LogP contribution in [0.25, 0.3) is 0 Å². The highest BCUT2D eigenvalue weighted by atomic mass is 16.7. The topological polar surface area (TPSA) is 18.5 Å². The van der Waals surface area contributed by atoms with Gasteiger partial charge in [-0.25, -0.2) is 0 Å². The molecule has 0 amide bonds. The van der Waals surface area contributed by atoms with Gasteiger partial charge in [0.25, 0.3) is 0 Å². The van der Waals surface area contributed by atoms with Crippen molar-refractivity contribution in [1.29, 1.82) is 0 Å². The van der Waals surface area contributed by atoms with Crippen LogP contribution in [-0.4, -0.2) is 19.0 Å². The first-order valence-corrected chi connectivity index (χ1v) is 8.78. The van der Waals surface area contributed by atoms with Crippen LogP contribution >= 0.6 is 0 Å². The summed E-state index contributed by atoms with van der Waals surface area (Å²) in [4.78, 5) is 0. The lowest BCUT2D eigenvalue weighted by atomic mass is 10.1. The third-order valence-electron chi connectivity index (χ3n) is 3.93. The summed E-state index contributed by atoms with van der Waals surface area (Å²) in [5.41, 5.74) is 0. The van der Waals surface area contributed by atoms with Crippen molar-refractivity contribution in [2.24, 2.45) is 0 Å². The van der Waals surface area contributed by atoms with Crippen molar-refractivity contribution in [2.75, 3.05) is 6.61 Å². The zero-order chi connectivity index (χ0) is 14.5. The van der Waals surface area contributed by atoms with Gasteiger partial charge in [0.2, 0.25) is 0 Å². The molecular formula is C18H34O2. The summed E-state index contributed by atoms with van der Waals surface area (Å²) in [5.74, 6) is 0. The maximum absolute atomic E-state index is 5.92. The molecule has 1 rings (SSSR count). The standard InChI is InChI=1S/C18H34O2/c1-3-5-7-8-9-10-12-16-19-18-15-14-17(20-18)13-11-6-4-2/h9-10,17-18H,3-8,11-16H2,1-2H3/b10-9-/t17-,18-/m1/s1. The van der Waals surface area contributed by atoms with E-state index in [9.17, 15) is 0 Å². The van der Waals surface area contributed by atoms with Gasteiger partial charge in [0.1, 0.15) is 0 Å². The van der Waals surface area contributed by atoms with Gasteiger partial charge in [0.15, 0.2) is 6.29 Å². The Kier molecular flexibility index (Phi) is 11.0. The number of hydrogen-bond acceptors (Lipinski definition) is 2. The summed E-state index contributed by atoms with van der Waals surface area (Å²) in [6.07, 6.45) is 18.7. The zero-order valence-electron chi connectivity index (χ0n) is 13.6. The molecule has 2 heteroatoms. The van der Waals surface area contributed by atoms with E-state index in [0.29, 0.717) is 6.10 Å². The van der Waals surface area contributed by atoms with Crippen molar-refractivity contribution in [2.45, 2.75) is 96.9 Å². The maximum Gasteiger partial charge on any atom is 0.158 e. The lowest BCUT2D eigenvalue weighted by Crippen LogP contribution is -2.14. The monoisotopic (exact) mass is 282 g/mol. The quantitative estimate of drug-likeness (QED) is 0.342. The van der Waals surface area contributed by atoms with Crippen LogP contribution in [0.1, 0.15) is 84.5 Å². The van der Waals surface area contributed by atoms with Gasteiger partial charge in [-0.3, -0.25) is 0 Å². The van der Waals surface area contributed by atoms with Crippen molar-refractivity contribution < 1.29 is 9.47 Å². The van der Waals surface area contributed by atoms with Crippen molar-refractivity contribution in [3.63, 3.8) is 0 Å². The van der Waals surface area contributed by atoms with E-state index < -0.39 is 0 Å². The molecule has 2 nitrogen and oxygen atoms in total. The molecule has 0 saturated carbocycles. The fraction of sp³-hybridized carbons (Fsp3) is 0.889. The average Bonchev–Trinajstić information content (AvgIpc) is 2.90. The predicted molar refractivity (Wildman–Crippen MR) is 85.9 cm³/mol. The zero-order valence-corrected chi connectivity index (χ0v) is 13.6. The summed E-state index contributed by atoms with van der Waals surface area (Å²) in [6.45, 7) is 5.29. The second-order valence-electron chi connectivity index (χ2n) is 5.89. The molecule has 1 aliphatic heterocycles. The van der Waals surface area contributed by atoms with Crippen molar-refractivity contribution >= 4 is 0 Å². The van der Waals surface area contributed by atoms with Crippen LogP contribution in [0, 0.1) is 0 Å². The minimum atomic E-state index is 0.0649. The lowest BCUT2D eigenvalue weighted by molar-refractivity contribution is -0.133. The van der Waals surface area contributed by atoms with E-state index in [1.165, 1.54) is 57.8 Å². The molecule has 1 heterocycles. The van der Waals surface area contributed by atoms with E-state index in [1.807, 2.05) is 0 Å². The first-order valence-electron chi connectivity index (χ1n) is 8.78. The van der Waals surface area contributed by atoms with Crippen LogP contribution < -0.4 is 0 Å². The minimum absolute atomic E-state index is 0.0649. The molecule has 0 N–H and O–H groups in total. The first-order chi connectivity index (χ1) is 9.86. The van der Waals surface area contributed by atoms with Gasteiger partial charge in [-0.1, -0.05) is 58.1 Å². The van der Waals surface area contributed by atoms with Crippen LogP contribution in [0.15, 0.2) is 12.2 Å². The molecule has 0 bridgehead atoms. The average molecular weight is 282 g/mol. The summed E-state index contributed by atoms with van der Waals surface area (Å²) < 4.78 is 11.7. The van der Waals surface area contributed by atoms with Crippen LogP contribution in [0.4, 0.5) is 0 Å². The van der Waals surface area contributed by atoms with E-state index in [0.717, 1.165) is 19.4 Å². The third kappa shape index (κ3) is 8.76. The Bertz CT molecular complexity index is 238. The van der Waals surface area contributed by atoms with Gasteiger partial charge in [-0.05, 0) is 32.1 Å². The van der Waals surface area contributed by atoms with Crippen LogP contribution in [0.3, 0.4) is 0 Å². The number of allylic oxidation sites excluding steroid dienone is 1. The molecule has 0 aromatic rings. The highest BCUT2D eigenvalue weighted by molar-refractivity contribution is 4.81. The highest BCUT2D eigenvalue weighted by Gasteiger charge is 2.24. The Morgan fingerprint density at radius 3 is 2.50 bits per heavy atom. The summed E-state index contributed by atoms with van der Waals surface area (Å²) >= 11 is 0. The molecule has 0 aromatic carbocycles. The fourth-order valence-corrected chi connectivity index (χ4v) is 2.65. The maximum atomic E-state index is 5.92. The second kappa shape index (κ2) is 12.4. The molecule has 118 valence electrons. The summed E-state index contributed by atoms with van der Waals surface area (Å²) in [6, 6.07) is 0. The van der Waals surface area contributed by atoms with E-state index in [1.54, 1.807) is 0 Å². The molecule has 0 aromatic heterocycles. The Morgan fingerprint density at radius 2 is 1.70 bits per heavy atom. The molecule has 20 heavy (non-hydrogen) atoms. The van der Waals surface area contributed by atoms with Gasteiger partial charge < -0.3 is 9.47 Å². The Hall–Kier alpha value is -0.340. The van der Waals surface area contributed by atoms with Crippen molar-refractivity contribution in [3.05, 3.63) is 12.2 Å². The number of ether oxygens (including phenoxy) is 2. The molecule has 1 saturated heterocycles. The summed E-state index contributed by atoms with van der Waals surface area (Å²) in [5, 5.41) is 0. The number of unbranched alkanes of at least 4 members (excludes halogenated alkanes) is 5. The normalized spacial score (nSPS) is 22.9. The molecule has 1 aliphatic rings. The molecule has 0 unspecified atom stereocenters. The van der Waals surface area contributed by atoms with Gasteiger partial charge in [-0.15, -0.1) is 0 Å². The molecular weight excluding hydrogens is 248 g/mol. The van der Waals surface area contributed by atoms with Gasteiger partial charge >= 0.3 is 0 Å². The van der Waals surface area contributed by atoms with Crippen molar-refractivity contribution in [1.82, 2.24) is 0 Å². The smallest absolute Gasteiger partial charge is 0.158 e. The Labute approximate surface area is 125 Å². The van der Waals surface area contributed by atoms with Crippen LogP contribution in [-0.2, 0) is 9.47 Å². The SMILES string of the molecule is CCCCC/C=C\CCO[C@H]1CC[C@@H](CCCCC)O1. The fourth-order valence-electron chi connectivity index (χ4n) is 2.65. The van der Waals surface area contributed by atoms with Crippen LogP contribution in [0.5, 0.6) is 0 Å².